The number of carbonyl (C=O) groups excluding carboxylic acids is 2. The van der Waals surface area contributed by atoms with E-state index in [2.05, 4.69) is 4.74 Å². The van der Waals surface area contributed by atoms with Gasteiger partial charge in [0.25, 0.3) is 0 Å². The highest BCUT2D eigenvalue weighted by molar-refractivity contribution is 6.15. The van der Waals surface area contributed by atoms with Crippen LogP contribution in [-0.4, -0.2) is 23.0 Å². The van der Waals surface area contributed by atoms with Crippen molar-refractivity contribution in [3.63, 3.8) is 0 Å². The predicted octanol–water partition coefficient (Wildman–Crippen LogP) is 0.641. The molecule has 0 aromatic rings. The molecule has 0 aromatic carbocycles. The Morgan fingerprint density at radius 3 is 2.67 bits per heavy atom. The Labute approximate surface area is 85.7 Å². The van der Waals surface area contributed by atoms with Gasteiger partial charge in [-0.15, -0.1) is 0 Å². The van der Waals surface area contributed by atoms with Gasteiger partial charge in [-0.25, -0.2) is 9.59 Å². The Morgan fingerprint density at radius 1 is 1.40 bits per heavy atom. The van der Waals surface area contributed by atoms with Crippen LogP contribution in [0.25, 0.3) is 0 Å². The molecule has 5 heteroatoms. The summed E-state index contributed by atoms with van der Waals surface area (Å²) in [5.41, 5.74) is -0.973. The zero-order valence-corrected chi connectivity index (χ0v) is 8.20. The number of carboxylic acids is 1. The average molecular weight is 210 g/mol. The quantitative estimate of drug-likeness (QED) is 0.507. The van der Waals surface area contributed by atoms with Gasteiger partial charge in [0, 0.05) is 5.57 Å². The van der Waals surface area contributed by atoms with Crippen LogP contribution in [0.5, 0.6) is 0 Å². The van der Waals surface area contributed by atoms with Gasteiger partial charge in [-0.1, -0.05) is 0 Å². The number of carbonyl (C=O) groups is 3. The highest BCUT2D eigenvalue weighted by atomic mass is 16.6. The van der Waals surface area contributed by atoms with Crippen LogP contribution in [0, 0.1) is 5.41 Å². The summed E-state index contributed by atoms with van der Waals surface area (Å²) in [6.07, 6.45) is 1.39. The minimum Gasteiger partial charge on any atom is -0.481 e. The Morgan fingerprint density at radius 2 is 2.07 bits per heavy atom. The molecule has 1 N–H and O–H groups in total. The van der Waals surface area contributed by atoms with Crippen LogP contribution in [-0.2, 0) is 19.1 Å². The Hall–Kier alpha value is -1.65. The first-order valence-corrected chi connectivity index (χ1v) is 4.70. The van der Waals surface area contributed by atoms with E-state index in [1.807, 2.05) is 0 Å². The van der Waals surface area contributed by atoms with Crippen molar-refractivity contribution in [2.24, 2.45) is 5.41 Å². The average Bonchev–Trinajstić information content (AvgIpc) is 2.44. The van der Waals surface area contributed by atoms with Crippen LogP contribution in [0.1, 0.15) is 26.2 Å². The molecule has 0 aromatic heterocycles. The lowest BCUT2D eigenvalue weighted by Crippen LogP contribution is -2.34. The van der Waals surface area contributed by atoms with Gasteiger partial charge >= 0.3 is 17.9 Å². The van der Waals surface area contributed by atoms with Gasteiger partial charge in [0.2, 0.25) is 0 Å². The molecule has 1 atom stereocenters. The van der Waals surface area contributed by atoms with Crippen molar-refractivity contribution in [1.29, 1.82) is 0 Å². The number of aliphatic carboxylic acids is 1. The standard InChI is InChI=1S/C10H10O5/c1-10(9(13)14)4-2-3-5-6(10)8(12)15-7(5)11/h2-4H2,1H3,(H,13,14). The number of ether oxygens (including phenoxy) is 1. The molecule has 0 saturated carbocycles. The smallest absolute Gasteiger partial charge is 0.343 e. The second-order valence-electron chi connectivity index (χ2n) is 4.02. The molecule has 1 aliphatic heterocycles. The largest absolute Gasteiger partial charge is 0.481 e. The first-order valence-electron chi connectivity index (χ1n) is 4.70. The van der Waals surface area contributed by atoms with E-state index in [1.54, 1.807) is 0 Å². The van der Waals surface area contributed by atoms with E-state index in [1.165, 1.54) is 6.92 Å². The molecule has 2 aliphatic rings. The maximum atomic E-state index is 11.4. The zero-order valence-electron chi connectivity index (χ0n) is 8.20. The summed E-state index contributed by atoms with van der Waals surface area (Å²) in [7, 11) is 0. The van der Waals surface area contributed by atoms with Crippen molar-refractivity contribution in [1.82, 2.24) is 0 Å². The Bertz CT molecular complexity index is 406. The fourth-order valence-electron chi connectivity index (χ4n) is 2.17. The predicted molar refractivity (Wildman–Crippen MR) is 47.7 cm³/mol. The molecule has 0 amide bonds. The highest BCUT2D eigenvalue weighted by Gasteiger charge is 2.50. The van der Waals surface area contributed by atoms with Crippen molar-refractivity contribution in [2.45, 2.75) is 26.2 Å². The summed E-state index contributed by atoms with van der Waals surface area (Å²) in [4.78, 5) is 33.7. The molecule has 1 unspecified atom stereocenters. The third-order valence-corrected chi connectivity index (χ3v) is 3.07. The van der Waals surface area contributed by atoms with E-state index >= 15 is 0 Å². The van der Waals surface area contributed by atoms with Crippen molar-refractivity contribution >= 4 is 17.9 Å². The summed E-state index contributed by atoms with van der Waals surface area (Å²) in [5, 5.41) is 9.10. The van der Waals surface area contributed by atoms with E-state index in [0.717, 1.165) is 0 Å². The molecule has 1 heterocycles. The minimum atomic E-state index is -1.27. The Balaban J connectivity index is 2.57. The van der Waals surface area contributed by atoms with E-state index in [-0.39, 0.29) is 11.1 Å². The lowest BCUT2D eigenvalue weighted by Gasteiger charge is -2.28. The molecule has 0 bridgehead atoms. The Kier molecular flexibility index (Phi) is 1.92. The first kappa shape index (κ1) is 9.89. The van der Waals surface area contributed by atoms with Crippen molar-refractivity contribution in [3.8, 4) is 0 Å². The zero-order chi connectivity index (χ0) is 11.2. The third-order valence-electron chi connectivity index (χ3n) is 3.07. The second-order valence-corrected chi connectivity index (χ2v) is 4.02. The first-order chi connectivity index (χ1) is 6.97. The van der Waals surface area contributed by atoms with Crippen LogP contribution in [0.2, 0.25) is 0 Å². The van der Waals surface area contributed by atoms with Gasteiger partial charge in [-0.2, -0.15) is 0 Å². The topological polar surface area (TPSA) is 80.7 Å². The van der Waals surface area contributed by atoms with Gasteiger partial charge in [-0.3, -0.25) is 4.79 Å². The molecule has 0 spiro atoms. The summed E-state index contributed by atoms with van der Waals surface area (Å²) in [6, 6.07) is 0. The van der Waals surface area contributed by atoms with Crippen molar-refractivity contribution in [3.05, 3.63) is 11.1 Å². The lowest BCUT2D eigenvalue weighted by molar-refractivity contribution is -0.154. The second kappa shape index (κ2) is 2.92. The van der Waals surface area contributed by atoms with Gasteiger partial charge in [0.15, 0.2) is 0 Å². The fourth-order valence-corrected chi connectivity index (χ4v) is 2.17. The summed E-state index contributed by atoms with van der Waals surface area (Å²) < 4.78 is 4.44. The summed E-state index contributed by atoms with van der Waals surface area (Å²) in [6.45, 7) is 1.46. The number of cyclic esters (lactones) is 2. The summed E-state index contributed by atoms with van der Waals surface area (Å²) in [5.74, 6) is -2.55. The molecule has 5 nitrogen and oxygen atoms in total. The van der Waals surface area contributed by atoms with Crippen LogP contribution in [0.15, 0.2) is 11.1 Å². The van der Waals surface area contributed by atoms with Crippen molar-refractivity contribution < 1.29 is 24.2 Å². The molecular formula is C10H10O5. The number of carboxylic acid groups (broad SMARTS) is 1. The normalized spacial score (nSPS) is 30.2. The van der Waals surface area contributed by atoms with Gasteiger partial charge < -0.3 is 9.84 Å². The number of hydrogen-bond acceptors (Lipinski definition) is 4. The highest BCUT2D eigenvalue weighted by Crippen LogP contribution is 2.44. The van der Waals surface area contributed by atoms with E-state index in [0.29, 0.717) is 19.3 Å². The van der Waals surface area contributed by atoms with Gasteiger partial charge in [0.05, 0.1) is 11.0 Å². The van der Waals surface area contributed by atoms with E-state index in [9.17, 15) is 14.4 Å². The summed E-state index contributed by atoms with van der Waals surface area (Å²) >= 11 is 0. The van der Waals surface area contributed by atoms with Crippen LogP contribution < -0.4 is 0 Å². The molecule has 1 aliphatic carbocycles. The van der Waals surface area contributed by atoms with E-state index < -0.39 is 23.3 Å². The van der Waals surface area contributed by atoms with Crippen LogP contribution in [0.4, 0.5) is 0 Å². The van der Waals surface area contributed by atoms with Gasteiger partial charge in [-0.05, 0) is 26.2 Å². The molecule has 80 valence electrons. The molecule has 2 rings (SSSR count). The SMILES string of the molecule is CC1(C(=O)O)CCCC2=C1C(=O)OC2=O. The van der Waals surface area contributed by atoms with Crippen LogP contribution >= 0.6 is 0 Å². The van der Waals surface area contributed by atoms with Crippen LogP contribution in [0.3, 0.4) is 0 Å². The molecule has 0 fully saturated rings. The fraction of sp³-hybridized carbons (Fsp3) is 0.500. The van der Waals surface area contributed by atoms with E-state index in [4.69, 9.17) is 5.11 Å². The number of rotatable bonds is 1. The monoisotopic (exact) mass is 210 g/mol. The number of hydrogen-bond donors (Lipinski definition) is 1. The maximum Gasteiger partial charge on any atom is 0.343 e. The maximum absolute atomic E-state index is 11.4. The lowest BCUT2D eigenvalue weighted by atomic mass is 9.72. The third kappa shape index (κ3) is 1.19. The molecule has 0 saturated heterocycles. The van der Waals surface area contributed by atoms with Crippen molar-refractivity contribution in [2.75, 3.05) is 0 Å². The molecule has 15 heavy (non-hydrogen) atoms. The minimum absolute atomic E-state index is 0.0475. The molecule has 0 radical (unpaired) electrons. The van der Waals surface area contributed by atoms with Gasteiger partial charge in [0.1, 0.15) is 0 Å². The molecular weight excluding hydrogens is 200 g/mol. The number of esters is 2.